The molecule has 168 valence electrons. The van der Waals surface area contributed by atoms with Crippen LogP contribution in [0.3, 0.4) is 0 Å². The van der Waals surface area contributed by atoms with E-state index in [-0.39, 0.29) is 12.6 Å². The Kier molecular flexibility index (Phi) is 7.76. The molecule has 0 unspecified atom stereocenters. The van der Waals surface area contributed by atoms with Crippen LogP contribution in [0.2, 0.25) is 0 Å². The summed E-state index contributed by atoms with van der Waals surface area (Å²) in [6.45, 7) is 15.0. The van der Waals surface area contributed by atoms with Crippen molar-refractivity contribution < 1.29 is 33.3 Å². The first-order valence-electron chi connectivity index (χ1n) is 9.40. The van der Waals surface area contributed by atoms with Crippen molar-refractivity contribution in [1.29, 1.82) is 0 Å². The minimum Gasteiger partial charge on any atom is -0.443 e. The monoisotopic (exact) mass is 425 g/mol. The van der Waals surface area contributed by atoms with Gasteiger partial charge in [-0.2, -0.15) is 0 Å². The van der Waals surface area contributed by atoms with Crippen molar-refractivity contribution in [2.45, 2.75) is 85.7 Å². The summed E-state index contributed by atoms with van der Waals surface area (Å²) in [6.07, 6.45) is -0.164. The Hall–Kier alpha value is -2.91. The van der Waals surface area contributed by atoms with Crippen LogP contribution >= 0.6 is 0 Å². The van der Waals surface area contributed by atoms with Crippen molar-refractivity contribution in [1.82, 2.24) is 9.97 Å². The van der Waals surface area contributed by atoms with E-state index in [2.05, 4.69) is 9.97 Å². The third kappa shape index (κ3) is 9.53. The molecule has 2 amide bonds. The fourth-order valence-electron chi connectivity index (χ4n) is 1.81. The van der Waals surface area contributed by atoms with Gasteiger partial charge in [-0.05, 0) is 62.3 Å². The molecule has 0 aliphatic carbocycles. The Morgan fingerprint density at radius 1 is 0.767 bits per heavy atom. The van der Waals surface area contributed by atoms with Crippen LogP contribution in [0.15, 0.2) is 12.4 Å². The average Bonchev–Trinajstić information content (AvgIpc) is 2.49. The number of carbonyl (C=O) groups excluding carboxylic acids is 3. The number of hydrogen-bond acceptors (Lipinski definition) is 9. The van der Waals surface area contributed by atoms with Crippen LogP contribution in [0, 0.1) is 0 Å². The molecule has 1 aromatic heterocycles. The van der Waals surface area contributed by atoms with Crippen LogP contribution in [-0.2, 0) is 25.6 Å². The van der Waals surface area contributed by atoms with Crippen LogP contribution in [-0.4, -0.2) is 45.1 Å². The van der Waals surface area contributed by atoms with E-state index in [0.29, 0.717) is 10.5 Å². The van der Waals surface area contributed by atoms with Crippen molar-refractivity contribution in [3.05, 3.63) is 18.0 Å². The molecule has 1 heterocycles. The number of imide groups is 1. The highest BCUT2D eigenvalue weighted by Gasteiger charge is 2.34. The van der Waals surface area contributed by atoms with Gasteiger partial charge >= 0.3 is 18.3 Å². The summed E-state index contributed by atoms with van der Waals surface area (Å²) >= 11 is 0. The van der Waals surface area contributed by atoms with Gasteiger partial charge in [0.05, 0.1) is 0 Å². The third-order valence-corrected chi connectivity index (χ3v) is 2.79. The molecule has 0 aliphatic rings. The maximum absolute atomic E-state index is 12.6. The zero-order valence-electron chi connectivity index (χ0n) is 19.1. The number of anilines is 1. The quantitative estimate of drug-likeness (QED) is 0.505. The number of amides is 2. The van der Waals surface area contributed by atoms with Gasteiger partial charge in [-0.1, -0.05) is 0 Å². The van der Waals surface area contributed by atoms with Gasteiger partial charge in [0.2, 0.25) is 5.95 Å². The highest BCUT2D eigenvalue weighted by Crippen LogP contribution is 2.19. The highest BCUT2D eigenvalue weighted by molar-refractivity contribution is 6.08. The maximum atomic E-state index is 12.6. The number of ether oxygens (including phenoxy) is 4. The second-order valence-corrected chi connectivity index (χ2v) is 9.44. The molecular weight excluding hydrogens is 394 g/mol. The minimum atomic E-state index is -0.977. The Morgan fingerprint density at radius 2 is 1.17 bits per heavy atom. The lowest BCUT2D eigenvalue weighted by Crippen LogP contribution is -2.44. The summed E-state index contributed by atoms with van der Waals surface area (Å²) in [5.74, 6) is -0.237. The number of aromatic nitrogens is 2. The third-order valence-electron chi connectivity index (χ3n) is 2.79. The molecule has 0 aliphatic heterocycles. The van der Waals surface area contributed by atoms with Gasteiger partial charge in [0.15, 0.2) is 0 Å². The van der Waals surface area contributed by atoms with Gasteiger partial charge in [0.25, 0.3) is 0 Å². The first kappa shape index (κ1) is 25.1. The lowest BCUT2D eigenvalue weighted by molar-refractivity contribution is -0.0108. The van der Waals surface area contributed by atoms with E-state index in [0.717, 1.165) is 0 Å². The average molecular weight is 425 g/mol. The molecule has 0 fully saturated rings. The van der Waals surface area contributed by atoms with Gasteiger partial charge in [-0.15, -0.1) is 4.90 Å². The van der Waals surface area contributed by atoms with Gasteiger partial charge in [-0.3, -0.25) is 0 Å². The number of hydrogen-bond donors (Lipinski definition) is 0. The molecule has 0 N–H and O–H groups in total. The van der Waals surface area contributed by atoms with Crippen LogP contribution in [0.1, 0.15) is 67.9 Å². The topological polar surface area (TPSA) is 117 Å². The zero-order valence-corrected chi connectivity index (χ0v) is 19.1. The van der Waals surface area contributed by atoms with E-state index >= 15 is 0 Å². The number of carbonyl (C=O) groups is 3. The molecule has 0 saturated heterocycles. The first-order chi connectivity index (χ1) is 13.5. The van der Waals surface area contributed by atoms with Gasteiger partial charge in [0.1, 0.15) is 23.4 Å². The van der Waals surface area contributed by atoms with E-state index in [9.17, 15) is 14.4 Å². The van der Waals surface area contributed by atoms with Crippen LogP contribution < -0.4 is 4.90 Å². The fraction of sp³-hybridized carbons (Fsp3) is 0.650. The maximum Gasteiger partial charge on any atom is 0.509 e. The van der Waals surface area contributed by atoms with Gasteiger partial charge < -0.3 is 18.9 Å². The van der Waals surface area contributed by atoms with Crippen molar-refractivity contribution >= 4 is 24.3 Å². The molecular formula is C20H31N3O7. The lowest BCUT2D eigenvalue weighted by Gasteiger charge is -2.27. The van der Waals surface area contributed by atoms with E-state index in [4.69, 9.17) is 18.9 Å². The minimum absolute atomic E-state index is 0.145. The Bertz CT molecular complexity index is 729. The summed E-state index contributed by atoms with van der Waals surface area (Å²) in [5, 5.41) is 0. The van der Waals surface area contributed by atoms with Crippen molar-refractivity contribution in [2.24, 2.45) is 0 Å². The molecule has 0 atom stereocenters. The fourth-order valence-corrected chi connectivity index (χ4v) is 1.81. The van der Waals surface area contributed by atoms with Crippen LogP contribution in [0.5, 0.6) is 0 Å². The molecule has 1 rings (SSSR count). The van der Waals surface area contributed by atoms with Crippen LogP contribution in [0.25, 0.3) is 0 Å². The molecule has 0 aromatic carbocycles. The second-order valence-electron chi connectivity index (χ2n) is 9.44. The van der Waals surface area contributed by atoms with Gasteiger partial charge in [0, 0.05) is 18.0 Å². The predicted octanol–water partition coefficient (Wildman–Crippen LogP) is 4.60. The largest absolute Gasteiger partial charge is 0.509 e. The van der Waals surface area contributed by atoms with Crippen molar-refractivity contribution in [2.75, 3.05) is 4.90 Å². The number of rotatable bonds is 3. The lowest BCUT2D eigenvalue weighted by atomic mass is 10.2. The van der Waals surface area contributed by atoms with E-state index < -0.39 is 35.1 Å². The number of nitrogens with zero attached hydrogens (tertiary/aromatic N) is 3. The zero-order chi connectivity index (χ0) is 23.3. The standard InChI is InChI=1S/C20H31N3O7/c1-18(2,3)28-15(24)23(16(25)29-19(4,5)6)14-21-10-13(11-22-14)12-27-17(26)30-20(7,8)9/h10-11H,12H2,1-9H3. The molecule has 30 heavy (non-hydrogen) atoms. The summed E-state index contributed by atoms with van der Waals surface area (Å²) in [4.78, 5) is 45.4. The summed E-state index contributed by atoms with van der Waals surface area (Å²) in [7, 11) is 0. The highest BCUT2D eigenvalue weighted by atomic mass is 16.7. The molecule has 10 nitrogen and oxygen atoms in total. The SMILES string of the molecule is CC(C)(C)OC(=O)OCc1cnc(N(C(=O)OC(C)(C)C)C(=O)OC(C)(C)C)nc1. The normalized spacial score (nSPS) is 12.0. The van der Waals surface area contributed by atoms with Crippen LogP contribution in [0.4, 0.5) is 20.3 Å². The first-order valence-corrected chi connectivity index (χ1v) is 9.40. The Labute approximate surface area is 176 Å². The second kappa shape index (κ2) is 9.27. The van der Waals surface area contributed by atoms with Crippen molar-refractivity contribution in [3.8, 4) is 0 Å². The molecule has 0 saturated carbocycles. The summed E-state index contributed by atoms with van der Waals surface area (Å²) in [6, 6.07) is 0. The summed E-state index contributed by atoms with van der Waals surface area (Å²) < 4.78 is 20.6. The van der Waals surface area contributed by atoms with E-state index in [1.165, 1.54) is 12.4 Å². The van der Waals surface area contributed by atoms with Crippen molar-refractivity contribution in [3.63, 3.8) is 0 Å². The molecule has 1 aromatic rings. The van der Waals surface area contributed by atoms with E-state index in [1.54, 1.807) is 62.3 Å². The van der Waals surface area contributed by atoms with E-state index in [1.807, 2.05) is 0 Å². The Morgan fingerprint density at radius 3 is 1.53 bits per heavy atom. The predicted molar refractivity (Wildman–Crippen MR) is 108 cm³/mol. The molecule has 10 heteroatoms. The molecule has 0 radical (unpaired) electrons. The molecule has 0 bridgehead atoms. The van der Waals surface area contributed by atoms with Gasteiger partial charge in [-0.25, -0.2) is 24.4 Å². The smallest absolute Gasteiger partial charge is 0.443 e. The Balaban J connectivity index is 2.98. The summed E-state index contributed by atoms with van der Waals surface area (Å²) in [5.41, 5.74) is -1.95. The molecule has 0 spiro atoms.